The van der Waals surface area contributed by atoms with Gasteiger partial charge in [-0.25, -0.2) is 0 Å². The van der Waals surface area contributed by atoms with Crippen molar-refractivity contribution in [1.82, 2.24) is 10.2 Å². The van der Waals surface area contributed by atoms with Crippen LogP contribution in [0.25, 0.3) is 0 Å². The number of likely N-dealkylation sites (tertiary alicyclic amines) is 1. The van der Waals surface area contributed by atoms with Gasteiger partial charge in [-0.2, -0.15) is 0 Å². The van der Waals surface area contributed by atoms with Crippen LogP contribution < -0.4 is 5.32 Å². The Labute approximate surface area is 243 Å². The normalized spacial score (nSPS) is 44.3. The second-order valence-corrected chi connectivity index (χ2v) is 16.4. The largest absolute Gasteiger partial charge is 0.342 e. The maximum Gasteiger partial charge on any atom is 0.228 e. The van der Waals surface area contributed by atoms with Crippen molar-refractivity contribution in [2.75, 3.05) is 26.2 Å². The number of piperidine rings is 2. The molecule has 5 heteroatoms. The van der Waals surface area contributed by atoms with E-state index < -0.39 is 0 Å². The van der Waals surface area contributed by atoms with Gasteiger partial charge in [-0.05, 0) is 175 Å². The van der Waals surface area contributed by atoms with Crippen LogP contribution in [-0.4, -0.2) is 42.2 Å². The Morgan fingerprint density at radius 2 is 0.974 bits per heavy atom. The van der Waals surface area contributed by atoms with Crippen LogP contribution in [0, 0.1) is 58.2 Å². The summed E-state index contributed by atoms with van der Waals surface area (Å²) < 4.78 is 0. The summed E-state index contributed by atoms with van der Waals surface area (Å²) >= 11 is 5.76. The molecule has 0 radical (unpaired) electrons. The summed E-state index contributed by atoms with van der Waals surface area (Å²) in [5.41, 5.74) is 0.0195. The van der Waals surface area contributed by atoms with Gasteiger partial charge in [0.25, 0.3) is 0 Å². The van der Waals surface area contributed by atoms with E-state index in [0.717, 1.165) is 79.7 Å². The molecule has 2 heterocycles. The molecule has 0 spiro atoms. The fraction of sp³-hybridized carbons (Fsp3) is 0.941. The number of halogens is 1. The number of hydrogen-bond donors (Lipinski definition) is 1. The van der Waals surface area contributed by atoms with Crippen molar-refractivity contribution in [2.24, 2.45) is 58.2 Å². The molecule has 1 amide bonds. The minimum absolute atomic E-state index is 0.0356. The average Bonchev–Trinajstić information content (AvgIpc) is 2.88. The number of nitrogens with one attached hydrogen (secondary N) is 1. The molecule has 0 aromatic rings. The van der Waals surface area contributed by atoms with Crippen LogP contribution in [0.4, 0.5) is 0 Å². The van der Waals surface area contributed by atoms with Crippen LogP contribution in [0.5, 0.6) is 0 Å². The molecule has 1 N–H and O–H groups in total. The van der Waals surface area contributed by atoms with Crippen molar-refractivity contribution >= 4 is 22.8 Å². The molecule has 220 valence electrons. The summed E-state index contributed by atoms with van der Waals surface area (Å²) in [6.45, 7) is 9.18. The van der Waals surface area contributed by atoms with E-state index in [4.69, 9.17) is 11.6 Å². The zero-order valence-electron chi connectivity index (χ0n) is 24.9. The molecule has 0 unspecified atom stereocenters. The lowest BCUT2D eigenvalue weighted by atomic mass is 9.49. The predicted molar refractivity (Wildman–Crippen MR) is 158 cm³/mol. The number of rotatable bonds is 2. The summed E-state index contributed by atoms with van der Waals surface area (Å²) in [4.78, 5) is 26.8. The van der Waals surface area contributed by atoms with Gasteiger partial charge in [0, 0.05) is 18.5 Å². The van der Waals surface area contributed by atoms with Gasteiger partial charge in [0.2, 0.25) is 11.1 Å². The lowest BCUT2D eigenvalue weighted by molar-refractivity contribution is -0.159. The lowest BCUT2D eigenvalue weighted by Crippen LogP contribution is -2.55. The lowest BCUT2D eigenvalue weighted by Gasteiger charge is -2.57. The molecule has 2 aliphatic heterocycles. The Bertz CT molecular complexity index is 817. The first-order valence-corrected chi connectivity index (χ1v) is 17.3. The van der Waals surface area contributed by atoms with Gasteiger partial charge in [0.1, 0.15) is 0 Å². The van der Waals surface area contributed by atoms with Gasteiger partial charge < -0.3 is 10.2 Å². The molecule has 10 aliphatic rings. The van der Waals surface area contributed by atoms with E-state index in [9.17, 15) is 9.59 Å². The van der Waals surface area contributed by atoms with Crippen LogP contribution >= 0.6 is 11.6 Å². The summed E-state index contributed by atoms with van der Waals surface area (Å²) in [5, 5.41) is 3.28. The van der Waals surface area contributed by atoms with Crippen molar-refractivity contribution < 1.29 is 9.59 Å². The van der Waals surface area contributed by atoms with E-state index in [0.29, 0.717) is 5.91 Å². The molecule has 10 fully saturated rings. The quantitative estimate of drug-likeness (QED) is 0.358. The Hall–Kier alpha value is -0.610. The van der Waals surface area contributed by atoms with Gasteiger partial charge in [-0.1, -0.05) is 13.8 Å². The first-order chi connectivity index (χ1) is 18.7. The maximum atomic E-state index is 13.1. The van der Waals surface area contributed by atoms with Gasteiger partial charge >= 0.3 is 0 Å². The molecule has 4 nitrogen and oxygen atoms in total. The van der Waals surface area contributed by atoms with Crippen LogP contribution in [0.2, 0.25) is 0 Å². The molecule has 0 atom stereocenters. The molecule has 8 saturated carbocycles. The summed E-state index contributed by atoms with van der Waals surface area (Å²) in [6, 6.07) is 0. The third-order valence-corrected chi connectivity index (χ3v) is 13.0. The minimum Gasteiger partial charge on any atom is -0.342 e. The first-order valence-electron chi connectivity index (χ1n) is 16.9. The minimum atomic E-state index is -0.0731. The van der Waals surface area contributed by atoms with Crippen molar-refractivity contribution in [3.05, 3.63) is 0 Å². The standard InChI is InChI=1S/C17H27NO.C11H15ClO.C6H13N/c1-12-2-4-18(5-3-12)16(19)17-9-13-6-14(10-17)8-15(7-13)11-17;12-10(13)11-4-7-1-8(5-11)3-9(2-7)6-11;1-6-2-4-7-5-3-6/h12-15H,2-11H2,1H3;7-9H,1-6H2;6-7H,2-5H2,1H3. The van der Waals surface area contributed by atoms with Crippen molar-refractivity contribution in [3.8, 4) is 0 Å². The van der Waals surface area contributed by atoms with Crippen LogP contribution in [0.3, 0.4) is 0 Å². The highest BCUT2D eigenvalue weighted by Gasteiger charge is 2.56. The number of carbonyl (C=O) groups excluding carboxylic acids is 2. The highest BCUT2D eigenvalue weighted by atomic mass is 35.5. The van der Waals surface area contributed by atoms with Crippen LogP contribution in [-0.2, 0) is 9.59 Å². The second-order valence-electron chi connectivity index (χ2n) is 16.1. The third kappa shape index (κ3) is 6.13. The summed E-state index contributed by atoms with van der Waals surface area (Å²) in [6.07, 6.45) is 20.6. The van der Waals surface area contributed by atoms with Gasteiger partial charge in [-0.3, -0.25) is 9.59 Å². The van der Waals surface area contributed by atoms with E-state index in [1.54, 1.807) is 0 Å². The predicted octanol–water partition coefficient (Wildman–Crippen LogP) is 7.44. The second kappa shape index (κ2) is 11.6. The topological polar surface area (TPSA) is 49.4 Å². The van der Waals surface area contributed by atoms with Crippen LogP contribution in [0.15, 0.2) is 0 Å². The van der Waals surface area contributed by atoms with E-state index >= 15 is 0 Å². The molecular weight excluding hydrogens is 504 g/mol. The number of hydrogen-bond acceptors (Lipinski definition) is 3. The molecule has 0 aromatic carbocycles. The molecule has 10 rings (SSSR count). The zero-order valence-corrected chi connectivity index (χ0v) is 25.7. The number of carbonyl (C=O) groups is 2. The molecular formula is C34H55ClN2O2. The monoisotopic (exact) mass is 558 g/mol. The summed E-state index contributed by atoms with van der Waals surface area (Å²) in [7, 11) is 0. The highest BCUT2D eigenvalue weighted by molar-refractivity contribution is 6.64. The van der Waals surface area contributed by atoms with Crippen molar-refractivity contribution in [3.63, 3.8) is 0 Å². The maximum absolute atomic E-state index is 13.1. The molecule has 8 aliphatic carbocycles. The molecule has 2 saturated heterocycles. The van der Waals surface area contributed by atoms with Crippen LogP contribution in [0.1, 0.15) is 117 Å². The third-order valence-electron chi connectivity index (χ3n) is 12.6. The van der Waals surface area contributed by atoms with E-state index in [2.05, 4.69) is 24.1 Å². The fourth-order valence-electron chi connectivity index (χ4n) is 11.2. The van der Waals surface area contributed by atoms with Gasteiger partial charge in [-0.15, -0.1) is 0 Å². The fourth-order valence-corrected chi connectivity index (χ4v) is 11.5. The average molecular weight is 559 g/mol. The van der Waals surface area contributed by atoms with E-state index in [1.807, 2.05) is 0 Å². The van der Waals surface area contributed by atoms with E-state index in [1.165, 1.54) is 96.6 Å². The Morgan fingerprint density at radius 1 is 0.615 bits per heavy atom. The van der Waals surface area contributed by atoms with Gasteiger partial charge in [0.15, 0.2) is 0 Å². The van der Waals surface area contributed by atoms with Crippen molar-refractivity contribution in [1.29, 1.82) is 0 Å². The Balaban J connectivity index is 0.000000119. The van der Waals surface area contributed by atoms with Crippen molar-refractivity contribution in [2.45, 2.75) is 117 Å². The molecule has 0 aromatic heterocycles. The zero-order chi connectivity index (χ0) is 27.2. The number of nitrogens with zero attached hydrogens (tertiary/aromatic N) is 1. The van der Waals surface area contributed by atoms with E-state index in [-0.39, 0.29) is 16.1 Å². The molecule has 39 heavy (non-hydrogen) atoms. The first kappa shape index (κ1) is 28.5. The number of amides is 1. The smallest absolute Gasteiger partial charge is 0.228 e. The Morgan fingerprint density at radius 3 is 1.31 bits per heavy atom. The SMILES string of the molecule is CC1CCN(C(=O)C23CC4CC(CC(C4)C2)C3)CC1.CC1CCNCC1.O=C(Cl)C12CC3CC(CC(C3)C1)C2. The summed E-state index contributed by atoms with van der Waals surface area (Å²) in [5.74, 6) is 7.49. The molecule has 8 bridgehead atoms. The Kier molecular flexibility index (Phi) is 8.46. The van der Waals surface area contributed by atoms with Gasteiger partial charge in [0.05, 0.1) is 5.41 Å². The highest BCUT2D eigenvalue weighted by Crippen LogP contribution is 2.61.